The van der Waals surface area contributed by atoms with Gasteiger partial charge in [0.15, 0.2) is 0 Å². The van der Waals surface area contributed by atoms with Crippen molar-refractivity contribution in [2.24, 2.45) is 0 Å². The van der Waals surface area contributed by atoms with E-state index in [-0.39, 0.29) is 5.91 Å². The van der Waals surface area contributed by atoms with Crippen LogP contribution in [0.3, 0.4) is 0 Å². The summed E-state index contributed by atoms with van der Waals surface area (Å²) < 4.78 is 0. The molecule has 1 amide bonds. The fourth-order valence-electron chi connectivity index (χ4n) is 4.22. The Morgan fingerprint density at radius 2 is 1.48 bits per heavy atom. The molecule has 0 bridgehead atoms. The first-order chi connectivity index (χ1) is 13.2. The second-order valence-corrected chi connectivity index (χ2v) is 7.58. The summed E-state index contributed by atoms with van der Waals surface area (Å²) in [6, 6.07) is 19.8. The Kier molecular flexibility index (Phi) is 4.98. The minimum atomic E-state index is 0.164. The molecule has 0 N–H and O–H groups in total. The van der Waals surface area contributed by atoms with E-state index in [2.05, 4.69) is 61.5 Å². The molecule has 0 spiro atoms. The van der Waals surface area contributed by atoms with E-state index >= 15 is 0 Å². The predicted octanol–water partition coefficient (Wildman–Crippen LogP) is 6.51. The van der Waals surface area contributed by atoms with Crippen LogP contribution in [0, 0.1) is 0 Å². The molecule has 0 unspecified atom stereocenters. The van der Waals surface area contributed by atoms with Crippen molar-refractivity contribution in [3.8, 4) is 0 Å². The molecular weight excluding hydrogens is 330 g/mol. The van der Waals surface area contributed by atoms with Gasteiger partial charge in [-0.25, -0.2) is 0 Å². The molecule has 138 valence electrons. The summed E-state index contributed by atoms with van der Waals surface area (Å²) in [5.74, 6) is 0.164. The average molecular weight is 357 g/mol. The summed E-state index contributed by atoms with van der Waals surface area (Å²) in [6.45, 7) is 5.44. The molecule has 2 heteroatoms. The van der Waals surface area contributed by atoms with Gasteiger partial charge in [-0.3, -0.25) is 4.79 Å². The molecule has 2 nitrogen and oxygen atoms in total. The lowest BCUT2D eigenvalue weighted by atomic mass is 9.92. The molecule has 0 radical (unpaired) electrons. The van der Waals surface area contributed by atoms with Crippen LogP contribution in [0.4, 0.5) is 0 Å². The Morgan fingerprint density at radius 1 is 0.815 bits per heavy atom. The lowest BCUT2D eigenvalue weighted by Crippen LogP contribution is -2.29. The maximum absolute atomic E-state index is 12.2. The van der Waals surface area contributed by atoms with E-state index in [9.17, 15) is 4.79 Å². The van der Waals surface area contributed by atoms with Crippen LogP contribution in [0.1, 0.15) is 45.1 Å². The zero-order valence-electron chi connectivity index (χ0n) is 16.3. The Bertz CT molecular complexity index is 1070. The van der Waals surface area contributed by atoms with E-state index < -0.39 is 0 Å². The van der Waals surface area contributed by atoms with Crippen molar-refractivity contribution in [3.05, 3.63) is 60.2 Å². The Labute approximate surface area is 161 Å². The largest absolute Gasteiger partial charge is 0.339 e. The molecule has 4 aromatic carbocycles. The summed E-state index contributed by atoms with van der Waals surface area (Å²) in [6.07, 6.45) is 4.73. The number of carbonyl (C=O) groups is 1. The Hall–Kier alpha value is -2.61. The molecule has 0 heterocycles. The average Bonchev–Trinajstić information content (AvgIpc) is 2.69. The van der Waals surface area contributed by atoms with Crippen molar-refractivity contribution in [1.82, 2.24) is 4.90 Å². The predicted molar refractivity (Wildman–Crippen MR) is 115 cm³/mol. The van der Waals surface area contributed by atoms with E-state index in [1.54, 1.807) is 6.92 Å². The van der Waals surface area contributed by atoms with Gasteiger partial charge in [-0.2, -0.15) is 0 Å². The smallest absolute Gasteiger partial charge is 0.219 e. The van der Waals surface area contributed by atoms with E-state index in [1.165, 1.54) is 57.1 Å². The first-order valence-corrected chi connectivity index (χ1v) is 10.1. The van der Waals surface area contributed by atoms with E-state index in [1.807, 2.05) is 4.90 Å². The quantitative estimate of drug-likeness (QED) is 0.272. The molecule has 27 heavy (non-hydrogen) atoms. The molecule has 0 fully saturated rings. The third-order valence-corrected chi connectivity index (χ3v) is 5.71. The second kappa shape index (κ2) is 7.56. The molecule has 0 aliphatic rings. The molecule has 0 atom stereocenters. The van der Waals surface area contributed by atoms with Crippen molar-refractivity contribution >= 4 is 38.2 Å². The first kappa shape index (κ1) is 17.8. The van der Waals surface area contributed by atoms with Gasteiger partial charge in [-0.15, -0.1) is 0 Å². The van der Waals surface area contributed by atoms with Crippen LogP contribution in [0.15, 0.2) is 54.6 Å². The Morgan fingerprint density at radius 3 is 2.19 bits per heavy atom. The molecule has 4 rings (SSSR count). The summed E-state index contributed by atoms with van der Waals surface area (Å²) in [5.41, 5.74) is 1.24. The van der Waals surface area contributed by atoms with Gasteiger partial charge in [-0.1, -0.05) is 80.8 Å². The van der Waals surface area contributed by atoms with E-state index in [0.717, 1.165) is 13.0 Å². The van der Waals surface area contributed by atoms with Crippen molar-refractivity contribution < 1.29 is 4.79 Å². The number of hydrogen-bond donors (Lipinski definition) is 0. The number of nitrogens with zero attached hydrogens (tertiary/aromatic N) is 1. The van der Waals surface area contributed by atoms with Gasteiger partial charge >= 0.3 is 0 Å². The molecular formula is C25H27NO. The first-order valence-electron chi connectivity index (χ1n) is 10.1. The minimum Gasteiger partial charge on any atom is -0.339 e. The number of carbonyl (C=O) groups excluding carboxylic acids is 1. The van der Waals surface area contributed by atoms with Crippen LogP contribution in [-0.4, -0.2) is 17.4 Å². The molecule has 0 aliphatic carbocycles. The molecule has 0 saturated heterocycles. The highest BCUT2D eigenvalue weighted by Crippen LogP contribution is 2.36. The lowest BCUT2D eigenvalue weighted by Gasteiger charge is -2.23. The fraction of sp³-hybridized carbons (Fsp3) is 0.320. The van der Waals surface area contributed by atoms with Gasteiger partial charge in [0.05, 0.1) is 0 Å². The number of hydrogen-bond acceptors (Lipinski definition) is 1. The zero-order valence-corrected chi connectivity index (χ0v) is 16.3. The van der Waals surface area contributed by atoms with Gasteiger partial charge in [0, 0.05) is 20.0 Å². The number of unbranched alkanes of at least 4 members (excludes halogenated alkanes) is 3. The topological polar surface area (TPSA) is 20.3 Å². The maximum atomic E-state index is 12.2. The summed E-state index contributed by atoms with van der Waals surface area (Å²) in [5, 5.41) is 7.78. The van der Waals surface area contributed by atoms with Gasteiger partial charge in [-0.05, 0) is 44.3 Å². The van der Waals surface area contributed by atoms with Crippen LogP contribution in [0.2, 0.25) is 0 Å². The van der Waals surface area contributed by atoms with Crippen LogP contribution < -0.4 is 0 Å². The molecule has 4 aromatic rings. The third-order valence-electron chi connectivity index (χ3n) is 5.71. The standard InChI is InChI=1S/C25H27NO/c1-3-4-5-6-16-26(18(2)27)17-22-13-12-21-11-10-19-8-7-9-20-14-15-23(22)25(21)24(19)20/h7-15H,3-6,16-17H2,1-2H3. The van der Waals surface area contributed by atoms with Gasteiger partial charge in [0.25, 0.3) is 0 Å². The lowest BCUT2D eigenvalue weighted by molar-refractivity contribution is -0.129. The monoisotopic (exact) mass is 357 g/mol. The SMILES string of the molecule is CCCCCCN(Cc1ccc2ccc3cccc4ccc1c2c34)C(C)=O. The van der Waals surface area contributed by atoms with E-state index in [4.69, 9.17) is 0 Å². The van der Waals surface area contributed by atoms with Crippen LogP contribution in [0.25, 0.3) is 32.3 Å². The van der Waals surface area contributed by atoms with Gasteiger partial charge < -0.3 is 4.90 Å². The van der Waals surface area contributed by atoms with Crippen molar-refractivity contribution in [1.29, 1.82) is 0 Å². The number of benzene rings is 4. The number of rotatable bonds is 7. The van der Waals surface area contributed by atoms with Crippen LogP contribution in [0.5, 0.6) is 0 Å². The van der Waals surface area contributed by atoms with Crippen LogP contribution in [-0.2, 0) is 11.3 Å². The van der Waals surface area contributed by atoms with Crippen molar-refractivity contribution in [2.45, 2.75) is 46.1 Å². The molecule has 0 aliphatic heterocycles. The zero-order chi connectivity index (χ0) is 18.8. The minimum absolute atomic E-state index is 0.164. The third kappa shape index (κ3) is 3.37. The molecule has 0 aromatic heterocycles. The fourth-order valence-corrected chi connectivity index (χ4v) is 4.22. The van der Waals surface area contributed by atoms with Gasteiger partial charge in [0.2, 0.25) is 5.91 Å². The highest BCUT2D eigenvalue weighted by Gasteiger charge is 2.14. The highest BCUT2D eigenvalue weighted by atomic mass is 16.2. The summed E-state index contributed by atoms with van der Waals surface area (Å²) >= 11 is 0. The van der Waals surface area contributed by atoms with E-state index in [0.29, 0.717) is 6.54 Å². The summed E-state index contributed by atoms with van der Waals surface area (Å²) in [7, 11) is 0. The summed E-state index contributed by atoms with van der Waals surface area (Å²) in [4.78, 5) is 14.2. The Balaban J connectivity index is 1.74. The number of amides is 1. The van der Waals surface area contributed by atoms with Crippen molar-refractivity contribution in [2.75, 3.05) is 6.54 Å². The van der Waals surface area contributed by atoms with Crippen molar-refractivity contribution in [3.63, 3.8) is 0 Å². The maximum Gasteiger partial charge on any atom is 0.219 e. The second-order valence-electron chi connectivity index (χ2n) is 7.58. The normalized spacial score (nSPS) is 11.6. The highest BCUT2D eigenvalue weighted by molar-refractivity contribution is 6.23. The van der Waals surface area contributed by atoms with Gasteiger partial charge in [0.1, 0.15) is 0 Å². The molecule has 0 saturated carbocycles. The van der Waals surface area contributed by atoms with Crippen LogP contribution >= 0.6 is 0 Å².